The third-order valence-electron chi connectivity index (χ3n) is 4.12. The third-order valence-corrected chi connectivity index (χ3v) is 4.12. The van der Waals surface area contributed by atoms with E-state index in [2.05, 4.69) is 14.8 Å². The average molecular weight is 414 g/mol. The van der Waals surface area contributed by atoms with Gasteiger partial charge < -0.3 is 23.9 Å². The maximum absolute atomic E-state index is 12.7. The van der Waals surface area contributed by atoms with E-state index in [0.29, 0.717) is 11.3 Å². The van der Waals surface area contributed by atoms with Gasteiger partial charge in [-0.3, -0.25) is 9.69 Å². The summed E-state index contributed by atoms with van der Waals surface area (Å²) < 4.78 is 19.8. The molecule has 1 aliphatic rings. The zero-order valence-electron chi connectivity index (χ0n) is 16.2. The molecule has 0 spiro atoms. The van der Waals surface area contributed by atoms with Gasteiger partial charge in [-0.25, -0.2) is 14.4 Å². The quantitative estimate of drug-likeness (QED) is 0.412. The number of hydrogen-bond donors (Lipinski definition) is 1. The van der Waals surface area contributed by atoms with Crippen molar-refractivity contribution in [3.63, 3.8) is 0 Å². The second-order valence-corrected chi connectivity index (χ2v) is 6.04. The number of esters is 2. The molecule has 1 aliphatic heterocycles. The minimum absolute atomic E-state index is 0.0221. The van der Waals surface area contributed by atoms with Gasteiger partial charge in [-0.2, -0.15) is 0 Å². The Balaban J connectivity index is 1.76. The van der Waals surface area contributed by atoms with E-state index in [1.807, 2.05) is 0 Å². The van der Waals surface area contributed by atoms with Gasteiger partial charge in [0.05, 0.1) is 20.8 Å². The minimum atomic E-state index is -0.664. The number of nitrogens with one attached hydrogen (secondary N) is 1. The summed E-state index contributed by atoms with van der Waals surface area (Å²) >= 11 is 0. The molecule has 2 heterocycles. The fourth-order valence-electron chi connectivity index (χ4n) is 2.63. The lowest BCUT2D eigenvalue weighted by Gasteiger charge is -2.09. The molecule has 1 saturated heterocycles. The van der Waals surface area contributed by atoms with Gasteiger partial charge in [0.15, 0.2) is 6.61 Å². The molecular weight excluding hydrogens is 396 g/mol. The van der Waals surface area contributed by atoms with E-state index in [1.165, 1.54) is 32.4 Å². The molecule has 10 nitrogen and oxygen atoms in total. The molecule has 1 fully saturated rings. The van der Waals surface area contributed by atoms with Gasteiger partial charge in [-0.15, -0.1) is 0 Å². The molecule has 3 rings (SSSR count). The van der Waals surface area contributed by atoms with Crippen LogP contribution in [0.3, 0.4) is 0 Å². The Hall–Kier alpha value is -4.08. The molecule has 0 atom stereocenters. The van der Waals surface area contributed by atoms with Crippen molar-refractivity contribution in [2.45, 2.75) is 6.54 Å². The molecule has 30 heavy (non-hydrogen) atoms. The minimum Gasteiger partial charge on any atom is -0.481 e. The van der Waals surface area contributed by atoms with Crippen molar-refractivity contribution >= 4 is 30.0 Å². The molecule has 1 aromatic carbocycles. The van der Waals surface area contributed by atoms with Crippen LogP contribution in [0.25, 0.3) is 6.08 Å². The molecule has 10 heteroatoms. The molecule has 0 aliphatic carbocycles. The Morgan fingerprint density at radius 3 is 2.60 bits per heavy atom. The number of hydrogen-bond acceptors (Lipinski definition) is 8. The highest BCUT2D eigenvalue weighted by Crippen LogP contribution is 2.24. The Morgan fingerprint density at radius 1 is 1.10 bits per heavy atom. The molecule has 0 saturated carbocycles. The van der Waals surface area contributed by atoms with Crippen LogP contribution in [-0.2, 0) is 25.6 Å². The first-order chi connectivity index (χ1) is 14.4. The van der Waals surface area contributed by atoms with Crippen molar-refractivity contribution in [1.82, 2.24) is 10.2 Å². The molecule has 0 bridgehead atoms. The lowest BCUT2D eigenvalue weighted by atomic mass is 10.1. The Labute approximate surface area is 171 Å². The Morgan fingerprint density at radius 2 is 1.87 bits per heavy atom. The largest absolute Gasteiger partial charge is 0.481 e. The van der Waals surface area contributed by atoms with Crippen LogP contribution in [0.5, 0.6) is 5.75 Å². The van der Waals surface area contributed by atoms with Crippen LogP contribution in [0.1, 0.15) is 21.9 Å². The number of amides is 3. The van der Waals surface area contributed by atoms with Crippen LogP contribution in [0, 0.1) is 0 Å². The van der Waals surface area contributed by atoms with Crippen molar-refractivity contribution in [2.75, 3.05) is 20.8 Å². The molecule has 0 radical (unpaired) electrons. The second kappa shape index (κ2) is 8.95. The fourth-order valence-corrected chi connectivity index (χ4v) is 2.63. The van der Waals surface area contributed by atoms with Crippen molar-refractivity contribution in [3.05, 3.63) is 59.2 Å². The molecular formula is C20H18N2O8. The summed E-state index contributed by atoms with van der Waals surface area (Å²) in [5, 5.41) is 2.48. The van der Waals surface area contributed by atoms with Gasteiger partial charge in [0, 0.05) is 5.56 Å². The highest BCUT2D eigenvalue weighted by molar-refractivity contribution is 6.14. The summed E-state index contributed by atoms with van der Waals surface area (Å²) in [6.45, 7) is -0.469. The van der Waals surface area contributed by atoms with E-state index in [-0.39, 0.29) is 30.4 Å². The Bertz CT molecular complexity index is 1020. The number of nitrogens with zero attached hydrogens (tertiary/aromatic N) is 1. The van der Waals surface area contributed by atoms with E-state index in [0.717, 1.165) is 4.90 Å². The van der Waals surface area contributed by atoms with E-state index in [9.17, 15) is 19.2 Å². The van der Waals surface area contributed by atoms with Crippen LogP contribution in [-0.4, -0.2) is 49.6 Å². The van der Waals surface area contributed by atoms with Crippen LogP contribution in [0.4, 0.5) is 4.79 Å². The highest BCUT2D eigenvalue weighted by atomic mass is 16.6. The fraction of sp³-hybridized carbons (Fsp3) is 0.200. The number of furan rings is 1. The number of carbonyl (C=O) groups is 4. The van der Waals surface area contributed by atoms with Gasteiger partial charge in [0.25, 0.3) is 5.91 Å². The summed E-state index contributed by atoms with van der Waals surface area (Å²) in [7, 11) is 2.46. The summed E-state index contributed by atoms with van der Waals surface area (Å²) in [4.78, 5) is 48.6. The highest BCUT2D eigenvalue weighted by Gasteiger charge is 2.34. The summed E-state index contributed by atoms with van der Waals surface area (Å²) in [6.07, 6.45) is 1.44. The van der Waals surface area contributed by atoms with Crippen molar-refractivity contribution in [3.8, 4) is 5.75 Å². The number of benzene rings is 1. The molecule has 1 aromatic heterocycles. The first-order valence-electron chi connectivity index (χ1n) is 8.73. The smallest absolute Gasteiger partial charge is 0.373 e. The summed E-state index contributed by atoms with van der Waals surface area (Å²) in [5.74, 6) is -1.27. The van der Waals surface area contributed by atoms with Crippen LogP contribution < -0.4 is 10.1 Å². The van der Waals surface area contributed by atoms with Gasteiger partial charge >= 0.3 is 18.0 Å². The number of imide groups is 1. The first-order valence-corrected chi connectivity index (χ1v) is 8.73. The number of methoxy groups -OCH3 is 2. The predicted octanol–water partition coefficient (Wildman–Crippen LogP) is 1.71. The molecule has 0 unspecified atom stereocenters. The van der Waals surface area contributed by atoms with Crippen LogP contribution in [0.2, 0.25) is 0 Å². The monoisotopic (exact) mass is 414 g/mol. The molecule has 2 aromatic rings. The second-order valence-electron chi connectivity index (χ2n) is 6.04. The van der Waals surface area contributed by atoms with Crippen LogP contribution >= 0.6 is 0 Å². The zero-order chi connectivity index (χ0) is 21.7. The van der Waals surface area contributed by atoms with Crippen molar-refractivity contribution in [2.24, 2.45) is 0 Å². The third kappa shape index (κ3) is 4.49. The lowest BCUT2D eigenvalue weighted by Crippen LogP contribution is -2.30. The number of rotatable bonds is 7. The van der Waals surface area contributed by atoms with E-state index in [1.54, 1.807) is 24.3 Å². The van der Waals surface area contributed by atoms with E-state index < -0.39 is 23.9 Å². The van der Waals surface area contributed by atoms with Crippen molar-refractivity contribution < 1.29 is 37.8 Å². The first kappa shape index (κ1) is 20.6. The number of urea groups is 1. The van der Waals surface area contributed by atoms with Crippen LogP contribution in [0.15, 0.2) is 46.5 Å². The summed E-state index contributed by atoms with van der Waals surface area (Å²) in [6, 6.07) is 8.92. The molecule has 1 N–H and O–H groups in total. The number of para-hydroxylation sites is 1. The standard InChI is InChI=1S/C20H18N2O8/c1-27-17(23)11-29-15-6-4-3-5-12(15)9-14-18(24)22(20(26)21-14)10-13-7-8-16(30-13)19(25)28-2/h3-9H,10-11H2,1-2H3,(H,21,26)/b14-9-. The van der Waals surface area contributed by atoms with Crippen molar-refractivity contribution in [1.29, 1.82) is 0 Å². The van der Waals surface area contributed by atoms with Gasteiger partial charge in [0.2, 0.25) is 5.76 Å². The van der Waals surface area contributed by atoms with E-state index in [4.69, 9.17) is 9.15 Å². The van der Waals surface area contributed by atoms with Gasteiger partial charge in [-0.1, -0.05) is 18.2 Å². The van der Waals surface area contributed by atoms with E-state index >= 15 is 0 Å². The average Bonchev–Trinajstić information content (AvgIpc) is 3.32. The van der Waals surface area contributed by atoms with Gasteiger partial charge in [-0.05, 0) is 24.3 Å². The zero-order valence-corrected chi connectivity index (χ0v) is 16.2. The maximum Gasteiger partial charge on any atom is 0.373 e. The molecule has 3 amide bonds. The summed E-state index contributed by atoms with van der Waals surface area (Å²) in [5.41, 5.74) is 0.506. The predicted molar refractivity (Wildman–Crippen MR) is 101 cm³/mol. The SMILES string of the molecule is COC(=O)COc1ccccc1/C=C1\NC(=O)N(Cc2ccc(C(=O)OC)o2)C1=O. The number of ether oxygens (including phenoxy) is 3. The normalized spacial score (nSPS) is 14.6. The van der Waals surface area contributed by atoms with Gasteiger partial charge in [0.1, 0.15) is 17.2 Å². The lowest BCUT2D eigenvalue weighted by molar-refractivity contribution is -0.142. The topological polar surface area (TPSA) is 124 Å². The Kier molecular flexibility index (Phi) is 6.16. The molecule has 156 valence electrons. The maximum atomic E-state index is 12.7. The number of carbonyl (C=O) groups excluding carboxylic acids is 4.